The maximum Gasteiger partial charge on any atom is 0.283 e. The monoisotopic (exact) mass is 289 g/mol. The number of nitro groups is 1. The Morgan fingerprint density at radius 1 is 1.40 bits per heavy atom. The van der Waals surface area contributed by atoms with Gasteiger partial charge in [0.05, 0.1) is 9.82 Å². The number of hydrogen-bond donors (Lipinski definition) is 0. The van der Waals surface area contributed by atoms with E-state index in [2.05, 4.69) is 11.0 Å². The van der Waals surface area contributed by atoms with Crippen molar-refractivity contribution in [2.45, 2.75) is 24.7 Å². The molecule has 0 bridgehead atoms. The molecule has 0 aromatic heterocycles. The fourth-order valence-corrected chi connectivity index (χ4v) is 3.11. The molecule has 1 aliphatic heterocycles. The molecule has 1 heterocycles. The summed E-state index contributed by atoms with van der Waals surface area (Å²) < 4.78 is 0. The van der Waals surface area contributed by atoms with E-state index in [0.29, 0.717) is 9.80 Å². The molecule has 104 valence electrons. The molecule has 0 amide bonds. The summed E-state index contributed by atoms with van der Waals surface area (Å²) in [5.41, 5.74) is 0.952. The second-order valence-corrected chi connectivity index (χ2v) is 5.60. The van der Waals surface area contributed by atoms with E-state index in [0.717, 1.165) is 31.6 Å². The molecule has 1 aliphatic rings. The molecular formula is C14H15N3O2S. The largest absolute Gasteiger partial charge is 0.374 e. The average Bonchev–Trinajstić information content (AvgIpc) is 2.98. The first kappa shape index (κ1) is 14.4. The van der Waals surface area contributed by atoms with Crippen LogP contribution in [0.5, 0.6) is 0 Å². The molecule has 0 aliphatic carbocycles. The Labute approximate surface area is 122 Å². The molecule has 6 heteroatoms. The van der Waals surface area contributed by atoms with Gasteiger partial charge in [-0.2, -0.15) is 5.26 Å². The van der Waals surface area contributed by atoms with Crippen LogP contribution in [0.2, 0.25) is 0 Å². The van der Waals surface area contributed by atoms with Gasteiger partial charge in [-0.3, -0.25) is 10.1 Å². The Bertz CT molecular complexity index is 586. The van der Waals surface area contributed by atoms with Gasteiger partial charge >= 0.3 is 0 Å². The number of nitrogens with zero attached hydrogens (tertiary/aromatic N) is 3. The van der Waals surface area contributed by atoms with E-state index in [4.69, 9.17) is 0 Å². The third-order valence-corrected chi connectivity index (χ3v) is 4.44. The lowest BCUT2D eigenvalue weighted by molar-refractivity contribution is -0.387. The first-order valence-electron chi connectivity index (χ1n) is 6.40. The normalized spacial score (nSPS) is 15.7. The number of thioether (sulfide) groups is 1. The van der Waals surface area contributed by atoms with Crippen LogP contribution in [0, 0.1) is 21.4 Å². The number of allylic oxidation sites excluding steroid dienone is 2. The number of para-hydroxylation sites is 1. The van der Waals surface area contributed by atoms with Gasteiger partial charge in [-0.05, 0) is 25.8 Å². The summed E-state index contributed by atoms with van der Waals surface area (Å²) in [5, 5.41) is 20.3. The van der Waals surface area contributed by atoms with Crippen LogP contribution in [0.4, 0.5) is 5.69 Å². The predicted octanol–water partition coefficient (Wildman–Crippen LogP) is 3.54. The van der Waals surface area contributed by atoms with Crippen LogP contribution < -0.4 is 0 Å². The third-order valence-electron chi connectivity index (χ3n) is 3.28. The Hall–Kier alpha value is -2.00. The van der Waals surface area contributed by atoms with Gasteiger partial charge in [-0.25, -0.2) is 0 Å². The number of nitro benzene ring substituents is 1. The summed E-state index contributed by atoms with van der Waals surface area (Å²) in [7, 11) is 0. The van der Waals surface area contributed by atoms with Crippen LogP contribution in [-0.2, 0) is 0 Å². The Morgan fingerprint density at radius 2 is 2.05 bits per heavy atom. The molecule has 0 radical (unpaired) electrons. The van der Waals surface area contributed by atoms with Crippen molar-refractivity contribution < 1.29 is 4.92 Å². The molecule has 1 fully saturated rings. The number of nitriles is 1. The topological polar surface area (TPSA) is 70.2 Å². The molecule has 0 N–H and O–H groups in total. The van der Waals surface area contributed by atoms with Crippen molar-refractivity contribution in [3.63, 3.8) is 0 Å². The zero-order valence-electron chi connectivity index (χ0n) is 11.2. The van der Waals surface area contributed by atoms with E-state index >= 15 is 0 Å². The highest BCUT2D eigenvalue weighted by Crippen LogP contribution is 2.36. The molecule has 0 saturated carbocycles. The molecule has 0 spiro atoms. The molecular weight excluding hydrogens is 274 g/mol. The van der Waals surface area contributed by atoms with E-state index in [-0.39, 0.29) is 5.69 Å². The molecule has 20 heavy (non-hydrogen) atoms. The van der Waals surface area contributed by atoms with E-state index in [1.54, 1.807) is 18.2 Å². The summed E-state index contributed by atoms with van der Waals surface area (Å²) in [6.07, 6.45) is 2.26. The minimum absolute atomic E-state index is 0.0412. The van der Waals surface area contributed by atoms with Crippen molar-refractivity contribution in [2.24, 2.45) is 0 Å². The highest BCUT2D eigenvalue weighted by molar-refractivity contribution is 8.03. The average molecular weight is 289 g/mol. The van der Waals surface area contributed by atoms with Crippen LogP contribution in [0.15, 0.2) is 39.8 Å². The number of hydrogen-bond acceptors (Lipinski definition) is 5. The second-order valence-electron chi connectivity index (χ2n) is 4.55. The molecule has 1 aromatic carbocycles. The van der Waals surface area contributed by atoms with Gasteiger partial charge in [0.25, 0.3) is 5.69 Å². The van der Waals surface area contributed by atoms with Crippen molar-refractivity contribution in [2.75, 3.05) is 13.1 Å². The molecule has 1 saturated heterocycles. The zero-order valence-corrected chi connectivity index (χ0v) is 12.0. The van der Waals surface area contributed by atoms with Crippen molar-refractivity contribution in [3.8, 4) is 6.07 Å². The van der Waals surface area contributed by atoms with E-state index in [1.807, 2.05) is 6.92 Å². The molecule has 5 nitrogen and oxygen atoms in total. The maximum absolute atomic E-state index is 11.0. The number of rotatable bonds is 4. The van der Waals surface area contributed by atoms with Crippen molar-refractivity contribution in [3.05, 3.63) is 45.0 Å². The standard InChI is InChI=1S/C14H15N3O2S/c1-11(16-8-4-5-9-16)14(10-15)20-13-7-3-2-6-12(13)17(18)19/h2-3,6-7H,4-5,8-9H2,1H3/b14-11-. The molecule has 1 aromatic rings. The smallest absolute Gasteiger partial charge is 0.283 e. The van der Waals surface area contributed by atoms with E-state index in [1.165, 1.54) is 17.8 Å². The Balaban J connectivity index is 2.29. The van der Waals surface area contributed by atoms with Gasteiger partial charge < -0.3 is 4.90 Å². The second kappa shape index (κ2) is 6.44. The zero-order chi connectivity index (χ0) is 14.5. The lowest BCUT2D eigenvalue weighted by Crippen LogP contribution is -2.17. The summed E-state index contributed by atoms with van der Waals surface area (Å²) >= 11 is 1.17. The maximum atomic E-state index is 11.0. The minimum Gasteiger partial charge on any atom is -0.374 e. The van der Waals surface area contributed by atoms with Crippen LogP contribution in [0.3, 0.4) is 0 Å². The summed E-state index contributed by atoms with van der Waals surface area (Å²) in [5.74, 6) is 0. The fraction of sp³-hybridized carbons (Fsp3) is 0.357. The van der Waals surface area contributed by atoms with Crippen LogP contribution in [-0.4, -0.2) is 22.9 Å². The third kappa shape index (κ3) is 3.11. The van der Waals surface area contributed by atoms with Gasteiger partial charge in [-0.15, -0.1) is 0 Å². The summed E-state index contributed by atoms with van der Waals surface area (Å²) in [6.45, 7) is 3.81. The van der Waals surface area contributed by atoms with Gasteiger partial charge in [0.2, 0.25) is 0 Å². The van der Waals surface area contributed by atoms with E-state index < -0.39 is 4.92 Å². The first-order chi connectivity index (χ1) is 9.63. The fourth-order valence-electron chi connectivity index (χ4n) is 2.18. The molecule has 0 atom stereocenters. The lowest BCUT2D eigenvalue weighted by Gasteiger charge is -2.19. The Kier molecular flexibility index (Phi) is 4.64. The Morgan fingerprint density at radius 3 is 2.65 bits per heavy atom. The van der Waals surface area contributed by atoms with Crippen LogP contribution >= 0.6 is 11.8 Å². The van der Waals surface area contributed by atoms with Gasteiger partial charge in [0, 0.05) is 24.9 Å². The highest BCUT2D eigenvalue weighted by Gasteiger charge is 2.19. The van der Waals surface area contributed by atoms with Gasteiger partial charge in [0.15, 0.2) is 0 Å². The predicted molar refractivity (Wildman–Crippen MR) is 78.1 cm³/mol. The minimum atomic E-state index is -0.414. The first-order valence-corrected chi connectivity index (χ1v) is 7.22. The van der Waals surface area contributed by atoms with Gasteiger partial charge in [0.1, 0.15) is 11.0 Å². The van der Waals surface area contributed by atoms with Gasteiger partial charge in [-0.1, -0.05) is 23.9 Å². The van der Waals surface area contributed by atoms with E-state index in [9.17, 15) is 15.4 Å². The highest BCUT2D eigenvalue weighted by atomic mass is 32.2. The van der Waals surface area contributed by atoms with Crippen molar-refractivity contribution in [1.82, 2.24) is 4.90 Å². The van der Waals surface area contributed by atoms with Crippen LogP contribution in [0.25, 0.3) is 0 Å². The molecule has 2 rings (SSSR count). The molecule has 0 unspecified atom stereocenters. The van der Waals surface area contributed by atoms with Crippen molar-refractivity contribution in [1.29, 1.82) is 5.26 Å². The SMILES string of the molecule is C/C(=C(\C#N)Sc1ccccc1[N+](=O)[O-])N1CCCC1. The summed E-state index contributed by atoms with van der Waals surface area (Å²) in [6, 6.07) is 8.69. The lowest BCUT2D eigenvalue weighted by atomic mass is 10.3. The quantitative estimate of drug-likeness (QED) is 0.367. The number of likely N-dealkylation sites (tertiary alicyclic amines) is 1. The van der Waals surface area contributed by atoms with Crippen LogP contribution in [0.1, 0.15) is 19.8 Å². The van der Waals surface area contributed by atoms with Crippen molar-refractivity contribution >= 4 is 17.4 Å². The number of benzene rings is 1. The summed E-state index contributed by atoms with van der Waals surface area (Å²) in [4.78, 5) is 13.8.